The number of aryl methyl sites for hydroxylation is 1. The Bertz CT molecular complexity index is 599. The number of aromatic nitrogens is 1. The second-order valence-corrected chi connectivity index (χ2v) is 6.85. The summed E-state index contributed by atoms with van der Waals surface area (Å²) >= 11 is 3.31. The number of hydrogen-bond donors (Lipinski definition) is 1. The lowest BCUT2D eigenvalue weighted by Crippen LogP contribution is -2.15. The minimum atomic E-state index is -3.44. The fraction of sp³-hybridized carbons (Fsp3) is 0.154. The number of pyridine rings is 1. The number of nitrogens with zero attached hydrogens (tertiary/aromatic N) is 1. The van der Waals surface area contributed by atoms with Crippen molar-refractivity contribution in [2.45, 2.75) is 12.7 Å². The molecular weight excluding hydrogens is 328 g/mol. The Balaban J connectivity index is 2.10. The normalized spacial score (nSPS) is 11.3. The highest BCUT2D eigenvalue weighted by atomic mass is 79.9. The molecule has 0 radical (unpaired) electrons. The van der Waals surface area contributed by atoms with Gasteiger partial charge in [-0.1, -0.05) is 34.1 Å². The summed E-state index contributed by atoms with van der Waals surface area (Å²) in [4.78, 5) is 4.02. The molecule has 0 fully saturated rings. The molecule has 4 nitrogen and oxygen atoms in total. The van der Waals surface area contributed by atoms with Gasteiger partial charge in [-0.25, -0.2) is 13.4 Å². The van der Waals surface area contributed by atoms with E-state index in [2.05, 4.69) is 25.6 Å². The quantitative estimate of drug-likeness (QED) is 0.930. The lowest BCUT2D eigenvalue weighted by Gasteiger charge is -2.07. The van der Waals surface area contributed by atoms with Crippen LogP contribution in [0.4, 0.5) is 5.82 Å². The van der Waals surface area contributed by atoms with Crippen LogP contribution in [-0.4, -0.2) is 13.4 Å². The Labute approximate surface area is 121 Å². The van der Waals surface area contributed by atoms with E-state index >= 15 is 0 Å². The summed E-state index contributed by atoms with van der Waals surface area (Å²) in [6.45, 7) is 1.90. The monoisotopic (exact) mass is 340 g/mol. The van der Waals surface area contributed by atoms with Crippen molar-refractivity contribution in [1.29, 1.82) is 0 Å². The largest absolute Gasteiger partial charge is 0.267 e. The summed E-state index contributed by atoms with van der Waals surface area (Å²) in [7, 11) is -3.44. The molecule has 19 heavy (non-hydrogen) atoms. The standard InChI is InChI=1S/C13H13BrN2O2S/c1-10-2-7-13(15-8-10)16-19(17,18)9-11-3-5-12(14)6-4-11/h2-8H,9H2,1H3,(H,15,16). The number of benzene rings is 1. The highest BCUT2D eigenvalue weighted by Gasteiger charge is 2.12. The lowest BCUT2D eigenvalue weighted by atomic mass is 10.2. The van der Waals surface area contributed by atoms with Gasteiger partial charge in [-0.3, -0.25) is 4.72 Å². The molecule has 0 aliphatic rings. The second-order valence-electron chi connectivity index (χ2n) is 4.21. The van der Waals surface area contributed by atoms with Crippen LogP contribution in [0.3, 0.4) is 0 Å². The SMILES string of the molecule is Cc1ccc(NS(=O)(=O)Cc2ccc(Br)cc2)nc1. The van der Waals surface area contributed by atoms with Crippen LogP contribution in [0.15, 0.2) is 47.1 Å². The van der Waals surface area contributed by atoms with Crippen molar-refractivity contribution in [2.75, 3.05) is 4.72 Å². The zero-order chi connectivity index (χ0) is 13.9. The lowest BCUT2D eigenvalue weighted by molar-refractivity contribution is 0.600. The van der Waals surface area contributed by atoms with Gasteiger partial charge in [-0.2, -0.15) is 0 Å². The predicted molar refractivity (Wildman–Crippen MR) is 79.4 cm³/mol. The molecule has 0 bridgehead atoms. The fourth-order valence-corrected chi connectivity index (χ4v) is 2.93. The molecule has 0 spiro atoms. The first-order valence-electron chi connectivity index (χ1n) is 5.62. The maximum absolute atomic E-state index is 12.0. The van der Waals surface area contributed by atoms with Gasteiger partial charge in [0.25, 0.3) is 0 Å². The van der Waals surface area contributed by atoms with Crippen LogP contribution in [0.1, 0.15) is 11.1 Å². The first-order chi connectivity index (χ1) is 8.94. The van der Waals surface area contributed by atoms with Crippen molar-refractivity contribution in [3.05, 3.63) is 58.2 Å². The summed E-state index contributed by atoms with van der Waals surface area (Å²) in [5.74, 6) is 0.262. The van der Waals surface area contributed by atoms with Crippen LogP contribution >= 0.6 is 15.9 Å². The third kappa shape index (κ3) is 4.33. The van der Waals surface area contributed by atoms with Crippen molar-refractivity contribution in [3.8, 4) is 0 Å². The zero-order valence-corrected chi connectivity index (χ0v) is 12.7. The van der Waals surface area contributed by atoms with Crippen molar-refractivity contribution in [2.24, 2.45) is 0 Å². The average molecular weight is 341 g/mol. The van der Waals surface area contributed by atoms with Gasteiger partial charge in [0.05, 0.1) is 5.75 Å². The molecule has 2 aromatic rings. The third-order valence-corrected chi connectivity index (χ3v) is 4.20. The maximum Gasteiger partial charge on any atom is 0.238 e. The number of halogens is 1. The minimum Gasteiger partial charge on any atom is -0.267 e. The molecule has 6 heteroatoms. The van der Waals surface area contributed by atoms with Crippen molar-refractivity contribution in [3.63, 3.8) is 0 Å². The highest BCUT2D eigenvalue weighted by Crippen LogP contribution is 2.14. The van der Waals surface area contributed by atoms with Gasteiger partial charge in [0.15, 0.2) is 0 Å². The molecule has 0 unspecified atom stereocenters. The third-order valence-electron chi connectivity index (χ3n) is 2.44. The molecule has 100 valence electrons. The Hall–Kier alpha value is -1.40. The number of anilines is 1. The molecule has 1 heterocycles. The average Bonchev–Trinajstić information content (AvgIpc) is 2.34. The van der Waals surface area contributed by atoms with Gasteiger partial charge >= 0.3 is 0 Å². The van der Waals surface area contributed by atoms with E-state index in [1.54, 1.807) is 24.4 Å². The number of hydrogen-bond acceptors (Lipinski definition) is 3. The molecule has 0 aliphatic heterocycles. The van der Waals surface area contributed by atoms with Crippen molar-refractivity contribution < 1.29 is 8.42 Å². The summed E-state index contributed by atoms with van der Waals surface area (Å²) < 4.78 is 27.3. The van der Waals surface area contributed by atoms with Gasteiger partial charge in [0, 0.05) is 10.7 Å². The summed E-state index contributed by atoms with van der Waals surface area (Å²) in [6, 6.07) is 10.6. The molecule has 1 aromatic heterocycles. The van der Waals surface area contributed by atoms with Crippen LogP contribution in [0.25, 0.3) is 0 Å². The van der Waals surface area contributed by atoms with Gasteiger partial charge in [-0.05, 0) is 36.2 Å². The molecular formula is C13H13BrN2O2S. The van der Waals surface area contributed by atoms with Gasteiger partial charge in [0.2, 0.25) is 10.0 Å². The van der Waals surface area contributed by atoms with Crippen LogP contribution in [0, 0.1) is 6.92 Å². The topological polar surface area (TPSA) is 59.1 Å². The van der Waals surface area contributed by atoms with Crippen LogP contribution in [0.2, 0.25) is 0 Å². The summed E-state index contributed by atoms with van der Waals surface area (Å²) in [5, 5.41) is 0. The fourth-order valence-electron chi connectivity index (χ4n) is 1.52. The Morgan fingerprint density at radius 3 is 2.42 bits per heavy atom. The first kappa shape index (κ1) is 14.0. The van der Waals surface area contributed by atoms with Crippen LogP contribution < -0.4 is 4.72 Å². The highest BCUT2D eigenvalue weighted by molar-refractivity contribution is 9.10. The van der Waals surface area contributed by atoms with Gasteiger partial charge in [-0.15, -0.1) is 0 Å². The predicted octanol–water partition coefficient (Wildman–Crippen LogP) is 3.09. The minimum absolute atomic E-state index is 0.0736. The Morgan fingerprint density at radius 2 is 1.84 bits per heavy atom. The van der Waals surface area contributed by atoms with Gasteiger partial charge < -0.3 is 0 Å². The molecule has 1 aromatic carbocycles. The number of sulfonamides is 1. The zero-order valence-electron chi connectivity index (χ0n) is 10.3. The van der Waals surface area contributed by atoms with E-state index in [1.807, 2.05) is 25.1 Å². The Morgan fingerprint density at radius 1 is 1.16 bits per heavy atom. The summed E-state index contributed by atoms with van der Waals surface area (Å²) in [6.07, 6.45) is 1.62. The molecule has 2 rings (SSSR count). The second kappa shape index (κ2) is 5.71. The van der Waals surface area contributed by atoms with Crippen LogP contribution in [-0.2, 0) is 15.8 Å². The van der Waals surface area contributed by atoms with E-state index in [0.717, 1.165) is 15.6 Å². The molecule has 0 atom stereocenters. The van der Waals surface area contributed by atoms with E-state index in [1.165, 1.54) is 0 Å². The van der Waals surface area contributed by atoms with E-state index in [4.69, 9.17) is 0 Å². The van der Waals surface area contributed by atoms with E-state index in [0.29, 0.717) is 5.82 Å². The Kier molecular flexibility index (Phi) is 4.21. The maximum atomic E-state index is 12.0. The molecule has 0 amide bonds. The number of rotatable bonds is 4. The molecule has 0 saturated carbocycles. The van der Waals surface area contributed by atoms with E-state index in [-0.39, 0.29) is 5.75 Å². The molecule has 0 saturated heterocycles. The van der Waals surface area contributed by atoms with Crippen LogP contribution in [0.5, 0.6) is 0 Å². The smallest absolute Gasteiger partial charge is 0.238 e. The van der Waals surface area contributed by atoms with Crippen molar-refractivity contribution in [1.82, 2.24) is 4.98 Å². The first-order valence-corrected chi connectivity index (χ1v) is 8.07. The van der Waals surface area contributed by atoms with Gasteiger partial charge in [0.1, 0.15) is 5.82 Å². The van der Waals surface area contributed by atoms with E-state index in [9.17, 15) is 8.42 Å². The number of nitrogens with one attached hydrogen (secondary N) is 1. The molecule has 1 N–H and O–H groups in total. The summed E-state index contributed by atoms with van der Waals surface area (Å²) in [5.41, 5.74) is 1.71. The molecule has 0 aliphatic carbocycles. The van der Waals surface area contributed by atoms with E-state index < -0.39 is 10.0 Å². The van der Waals surface area contributed by atoms with Crippen molar-refractivity contribution >= 4 is 31.8 Å².